The van der Waals surface area contributed by atoms with Crippen molar-refractivity contribution in [2.24, 2.45) is 0 Å². The van der Waals surface area contributed by atoms with Crippen molar-refractivity contribution in [2.45, 2.75) is 11.4 Å². The van der Waals surface area contributed by atoms with Gasteiger partial charge in [-0.2, -0.15) is 0 Å². The number of rotatable bonds is 6. The molecule has 140 valence electrons. The highest BCUT2D eigenvalue weighted by atomic mass is 35.5. The van der Waals surface area contributed by atoms with Crippen molar-refractivity contribution in [3.8, 4) is 0 Å². The second-order valence-corrected chi connectivity index (χ2v) is 7.38. The van der Waals surface area contributed by atoms with Gasteiger partial charge in [0.15, 0.2) is 0 Å². The van der Waals surface area contributed by atoms with Crippen LogP contribution in [0.4, 0.5) is 5.69 Å². The highest BCUT2D eigenvalue weighted by Crippen LogP contribution is 2.24. The van der Waals surface area contributed by atoms with E-state index in [4.69, 9.17) is 11.6 Å². The number of para-hydroxylation sites is 1. The standard InChI is InChI=1S/C19H19ClN4O2S/c1-24(11-18(25)22-15-5-3-4-6-16(15)27-2)10-17-21-14-8-7-12(20)9-13(14)19(26)23-17/h3-9H,10-11H2,1-2H3,(H,22,25)(H,21,23,26). The molecule has 3 aromatic rings. The van der Waals surface area contributed by atoms with Gasteiger partial charge in [0.05, 0.1) is 29.7 Å². The minimum absolute atomic E-state index is 0.131. The monoisotopic (exact) mass is 402 g/mol. The van der Waals surface area contributed by atoms with Crippen LogP contribution in [0.3, 0.4) is 0 Å². The summed E-state index contributed by atoms with van der Waals surface area (Å²) in [4.78, 5) is 34.5. The number of carbonyl (C=O) groups is 1. The van der Waals surface area contributed by atoms with Crippen molar-refractivity contribution in [1.82, 2.24) is 14.9 Å². The van der Waals surface area contributed by atoms with Crippen molar-refractivity contribution in [3.63, 3.8) is 0 Å². The molecule has 0 radical (unpaired) electrons. The van der Waals surface area contributed by atoms with Gasteiger partial charge >= 0.3 is 0 Å². The fourth-order valence-corrected chi connectivity index (χ4v) is 3.45. The Labute approximate surface area is 165 Å². The molecule has 0 fully saturated rings. The number of nitrogens with one attached hydrogen (secondary N) is 2. The summed E-state index contributed by atoms with van der Waals surface area (Å²) in [5.41, 5.74) is 1.12. The molecule has 0 unspecified atom stereocenters. The van der Waals surface area contributed by atoms with E-state index < -0.39 is 0 Å². The van der Waals surface area contributed by atoms with Crippen LogP contribution in [0, 0.1) is 0 Å². The molecule has 1 heterocycles. The summed E-state index contributed by atoms with van der Waals surface area (Å²) < 4.78 is 0. The second kappa shape index (κ2) is 8.56. The molecular formula is C19H19ClN4O2S. The number of nitrogens with zero attached hydrogens (tertiary/aromatic N) is 2. The van der Waals surface area contributed by atoms with E-state index in [0.717, 1.165) is 10.6 Å². The molecule has 0 atom stereocenters. The lowest BCUT2D eigenvalue weighted by atomic mass is 10.2. The summed E-state index contributed by atoms with van der Waals surface area (Å²) in [7, 11) is 1.80. The topological polar surface area (TPSA) is 78.1 Å². The van der Waals surface area contributed by atoms with E-state index in [9.17, 15) is 9.59 Å². The number of thioether (sulfide) groups is 1. The number of likely N-dealkylation sites (N-methyl/N-ethyl adjacent to an activating group) is 1. The minimum Gasteiger partial charge on any atom is -0.324 e. The molecule has 0 saturated carbocycles. The van der Waals surface area contributed by atoms with Crippen LogP contribution in [0.1, 0.15) is 5.82 Å². The third kappa shape index (κ3) is 4.88. The molecule has 0 aliphatic heterocycles. The summed E-state index contributed by atoms with van der Waals surface area (Å²) in [5, 5.41) is 3.85. The number of aromatic amines is 1. The van der Waals surface area contributed by atoms with Gasteiger partial charge in [-0.05, 0) is 43.6 Å². The normalized spacial score (nSPS) is 11.1. The quantitative estimate of drug-likeness (QED) is 0.618. The maximum Gasteiger partial charge on any atom is 0.258 e. The number of fused-ring (bicyclic) bond motifs is 1. The number of halogens is 1. The van der Waals surface area contributed by atoms with Crippen LogP contribution in [0.5, 0.6) is 0 Å². The molecule has 0 saturated heterocycles. The van der Waals surface area contributed by atoms with E-state index in [1.807, 2.05) is 30.5 Å². The van der Waals surface area contributed by atoms with Gasteiger partial charge < -0.3 is 10.3 Å². The Morgan fingerprint density at radius 1 is 1.30 bits per heavy atom. The first-order chi connectivity index (χ1) is 13.0. The molecule has 1 amide bonds. The Morgan fingerprint density at radius 3 is 2.85 bits per heavy atom. The van der Waals surface area contributed by atoms with Gasteiger partial charge in [-0.25, -0.2) is 4.98 Å². The molecule has 8 heteroatoms. The Kier molecular flexibility index (Phi) is 6.15. The zero-order chi connectivity index (χ0) is 19.4. The first-order valence-electron chi connectivity index (χ1n) is 8.26. The predicted molar refractivity (Wildman–Crippen MR) is 111 cm³/mol. The van der Waals surface area contributed by atoms with E-state index in [-0.39, 0.29) is 18.0 Å². The fraction of sp³-hybridized carbons (Fsp3) is 0.211. The van der Waals surface area contributed by atoms with E-state index >= 15 is 0 Å². The maximum absolute atomic E-state index is 12.3. The average Bonchev–Trinajstić information content (AvgIpc) is 2.62. The van der Waals surface area contributed by atoms with Crippen LogP contribution in [0.2, 0.25) is 5.02 Å². The molecule has 0 aliphatic rings. The smallest absolute Gasteiger partial charge is 0.258 e. The first kappa shape index (κ1) is 19.4. The number of carbonyl (C=O) groups excluding carboxylic acids is 1. The van der Waals surface area contributed by atoms with Crippen molar-refractivity contribution in [2.75, 3.05) is 25.2 Å². The van der Waals surface area contributed by atoms with Crippen molar-refractivity contribution in [3.05, 3.63) is 63.7 Å². The van der Waals surface area contributed by atoms with Crippen LogP contribution < -0.4 is 10.9 Å². The molecule has 0 spiro atoms. The number of hydrogen-bond acceptors (Lipinski definition) is 5. The lowest BCUT2D eigenvalue weighted by molar-refractivity contribution is -0.117. The van der Waals surface area contributed by atoms with Crippen LogP contribution >= 0.6 is 23.4 Å². The second-order valence-electron chi connectivity index (χ2n) is 6.09. The van der Waals surface area contributed by atoms with Gasteiger partial charge in [0.2, 0.25) is 5.91 Å². The van der Waals surface area contributed by atoms with Gasteiger partial charge in [-0.3, -0.25) is 14.5 Å². The molecule has 0 bridgehead atoms. The van der Waals surface area contributed by atoms with Gasteiger partial charge in [0.1, 0.15) is 5.82 Å². The highest BCUT2D eigenvalue weighted by molar-refractivity contribution is 7.98. The summed E-state index contributed by atoms with van der Waals surface area (Å²) in [6, 6.07) is 12.6. The lowest BCUT2D eigenvalue weighted by Gasteiger charge is -2.16. The predicted octanol–water partition coefficient (Wildman–Crippen LogP) is 3.37. The Morgan fingerprint density at radius 2 is 2.07 bits per heavy atom. The molecular weight excluding hydrogens is 384 g/mol. The Balaban J connectivity index is 1.67. The number of hydrogen-bond donors (Lipinski definition) is 2. The third-order valence-electron chi connectivity index (χ3n) is 3.93. The van der Waals surface area contributed by atoms with Gasteiger partial charge in [0, 0.05) is 9.92 Å². The van der Waals surface area contributed by atoms with E-state index in [0.29, 0.717) is 28.3 Å². The minimum atomic E-state index is -0.246. The summed E-state index contributed by atoms with van der Waals surface area (Å²) in [6.45, 7) is 0.510. The number of anilines is 1. The van der Waals surface area contributed by atoms with Crippen molar-refractivity contribution >= 4 is 45.9 Å². The van der Waals surface area contributed by atoms with Crippen LogP contribution in [0.25, 0.3) is 10.9 Å². The molecule has 2 N–H and O–H groups in total. The Hall–Kier alpha value is -2.35. The molecule has 3 rings (SSSR count). The number of H-pyrrole nitrogens is 1. The fourth-order valence-electron chi connectivity index (χ4n) is 2.73. The van der Waals surface area contributed by atoms with Crippen LogP contribution in [-0.2, 0) is 11.3 Å². The number of benzene rings is 2. The van der Waals surface area contributed by atoms with Crippen molar-refractivity contribution < 1.29 is 4.79 Å². The molecule has 2 aromatic carbocycles. The van der Waals surface area contributed by atoms with E-state index in [1.54, 1.807) is 41.9 Å². The summed E-state index contributed by atoms with van der Waals surface area (Å²) >= 11 is 7.50. The average molecular weight is 403 g/mol. The van der Waals surface area contributed by atoms with Crippen LogP contribution in [-0.4, -0.2) is 40.6 Å². The van der Waals surface area contributed by atoms with Gasteiger partial charge in [-0.15, -0.1) is 11.8 Å². The Bertz CT molecular complexity index is 1040. The zero-order valence-electron chi connectivity index (χ0n) is 15.0. The molecule has 27 heavy (non-hydrogen) atoms. The largest absolute Gasteiger partial charge is 0.324 e. The lowest BCUT2D eigenvalue weighted by Crippen LogP contribution is -2.31. The summed E-state index contributed by atoms with van der Waals surface area (Å²) in [5.74, 6) is 0.364. The third-order valence-corrected chi connectivity index (χ3v) is 4.96. The van der Waals surface area contributed by atoms with Crippen LogP contribution in [0.15, 0.2) is 52.2 Å². The molecule has 1 aromatic heterocycles. The summed E-state index contributed by atoms with van der Waals surface area (Å²) in [6.07, 6.45) is 1.96. The van der Waals surface area contributed by atoms with E-state index in [1.165, 1.54) is 0 Å². The van der Waals surface area contributed by atoms with Crippen molar-refractivity contribution in [1.29, 1.82) is 0 Å². The number of aromatic nitrogens is 2. The highest BCUT2D eigenvalue weighted by Gasteiger charge is 2.12. The first-order valence-corrected chi connectivity index (χ1v) is 9.86. The molecule has 0 aliphatic carbocycles. The SMILES string of the molecule is CSc1ccccc1NC(=O)CN(C)Cc1nc2ccc(Cl)cc2c(=O)[nH]1. The molecule has 6 nitrogen and oxygen atoms in total. The number of amides is 1. The zero-order valence-corrected chi connectivity index (χ0v) is 16.5. The van der Waals surface area contributed by atoms with Gasteiger partial charge in [-0.1, -0.05) is 23.7 Å². The maximum atomic E-state index is 12.3. The van der Waals surface area contributed by atoms with E-state index in [2.05, 4.69) is 15.3 Å². The van der Waals surface area contributed by atoms with Gasteiger partial charge in [0.25, 0.3) is 5.56 Å².